The maximum absolute atomic E-state index is 12.3. The van der Waals surface area contributed by atoms with Gasteiger partial charge in [0, 0.05) is 0 Å². The van der Waals surface area contributed by atoms with E-state index >= 15 is 0 Å². The molecule has 0 aliphatic rings. The maximum Gasteiger partial charge on any atom is 0.408 e. The Morgan fingerprint density at radius 2 is 1.46 bits per heavy atom. The summed E-state index contributed by atoms with van der Waals surface area (Å²) in [5, 5.41) is 2.61. The molecule has 1 N–H and O–H groups in total. The van der Waals surface area contributed by atoms with Crippen LogP contribution in [0.25, 0.3) is 0 Å². The Morgan fingerprint density at radius 1 is 0.923 bits per heavy atom. The lowest BCUT2D eigenvalue weighted by Crippen LogP contribution is -2.42. The number of esters is 1. The van der Waals surface area contributed by atoms with Crippen LogP contribution in [0.4, 0.5) is 4.79 Å². The Hall–Kier alpha value is -2.47. The highest BCUT2D eigenvalue weighted by atomic mass is 32.2. The molecular weight excluding hydrogens is 350 g/mol. The zero-order chi connectivity index (χ0) is 18.6. The quantitative estimate of drug-likeness (QED) is 0.678. The number of hydrogen-bond acceptors (Lipinski definition) is 5. The Balaban J connectivity index is 1.84. The Morgan fingerprint density at radius 3 is 2.00 bits per heavy atom. The van der Waals surface area contributed by atoms with E-state index in [1.807, 2.05) is 66.9 Å². The molecule has 0 aliphatic carbocycles. The number of benzene rings is 2. The topological polar surface area (TPSA) is 64.6 Å². The SMILES string of the molecule is CSCC[C@H](NC(=O)OCc1ccccc1)C(=O)OCc1ccccc1. The molecule has 0 saturated heterocycles. The normalized spacial score (nSPS) is 11.4. The van der Waals surface area contributed by atoms with Gasteiger partial charge in [0.2, 0.25) is 0 Å². The van der Waals surface area contributed by atoms with Gasteiger partial charge in [-0.2, -0.15) is 11.8 Å². The third-order valence-electron chi connectivity index (χ3n) is 3.62. The largest absolute Gasteiger partial charge is 0.459 e. The van der Waals surface area contributed by atoms with Gasteiger partial charge in [-0.1, -0.05) is 60.7 Å². The van der Waals surface area contributed by atoms with Crippen molar-refractivity contribution in [1.29, 1.82) is 0 Å². The average molecular weight is 373 g/mol. The number of carbonyl (C=O) groups is 2. The van der Waals surface area contributed by atoms with Crippen molar-refractivity contribution < 1.29 is 19.1 Å². The molecule has 0 unspecified atom stereocenters. The van der Waals surface area contributed by atoms with E-state index in [1.54, 1.807) is 11.8 Å². The first kappa shape index (κ1) is 19.8. The number of ether oxygens (including phenoxy) is 2. The third-order valence-corrected chi connectivity index (χ3v) is 4.27. The fourth-order valence-corrected chi connectivity index (χ4v) is 2.69. The van der Waals surface area contributed by atoms with Crippen LogP contribution in [0, 0.1) is 0 Å². The highest BCUT2D eigenvalue weighted by molar-refractivity contribution is 7.98. The van der Waals surface area contributed by atoms with Gasteiger partial charge in [-0.15, -0.1) is 0 Å². The van der Waals surface area contributed by atoms with E-state index in [2.05, 4.69) is 5.32 Å². The van der Waals surface area contributed by atoms with Crippen molar-refractivity contribution in [3.8, 4) is 0 Å². The first-order chi connectivity index (χ1) is 12.7. The van der Waals surface area contributed by atoms with Crippen molar-refractivity contribution >= 4 is 23.8 Å². The van der Waals surface area contributed by atoms with E-state index < -0.39 is 18.1 Å². The van der Waals surface area contributed by atoms with E-state index in [-0.39, 0.29) is 13.2 Å². The minimum Gasteiger partial charge on any atom is -0.459 e. The number of thioether (sulfide) groups is 1. The van der Waals surface area contributed by atoms with E-state index in [0.29, 0.717) is 6.42 Å². The van der Waals surface area contributed by atoms with Crippen LogP contribution in [0.1, 0.15) is 17.5 Å². The van der Waals surface area contributed by atoms with Crippen LogP contribution >= 0.6 is 11.8 Å². The van der Waals surface area contributed by atoms with Crippen LogP contribution in [0.3, 0.4) is 0 Å². The Labute approximate surface area is 158 Å². The van der Waals surface area contributed by atoms with E-state index in [9.17, 15) is 9.59 Å². The van der Waals surface area contributed by atoms with Gasteiger partial charge in [-0.05, 0) is 29.6 Å². The number of alkyl carbamates (subject to hydrolysis) is 1. The van der Waals surface area contributed by atoms with Gasteiger partial charge in [0.1, 0.15) is 19.3 Å². The summed E-state index contributed by atoms with van der Waals surface area (Å²) in [5.41, 5.74) is 1.78. The molecule has 6 heteroatoms. The smallest absolute Gasteiger partial charge is 0.408 e. The van der Waals surface area contributed by atoms with Gasteiger partial charge in [-0.25, -0.2) is 9.59 Å². The van der Waals surface area contributed by atoms with Crippen molar-refractivity contribution in [2.24, 2.45) is 0 Å². The fourth-order valence-electron chi connectivity index (χ4n) is 2.22. The molecule has 1 atom stereocenters. The molecule has 2 aromatic rings. The van der Waals surface area contributed by atoms with Crippen LogP contribution in [0.15, 0.2) is 60.7 Å². The number of rotatable bonds is 9. The second kappa shape index (κ2) is 11.2. The zero-order valence-corrected chi connectivity index (χ0v) is 15.5. The lowest BCUT2D eigenvalue weighted by Gasteiger charge is -2.17. The Kier molecular flexibility index (Phi) is 8.55. The second-order valence-electron chi connectivity index (χ2n) is 5.63. The summed E-state index contributed by atoms with van der Waals surface area (Å²) in [4.78, 5) is 24.4. The minimum absolute atomic E-state index is 0.154. The van der Waals surface area contributed by atoms with Gasteiger partial charge in [0.25, 0.3) is 0 Å². The molecule has 0 aliphatic heterocycles. The molecule has 0 fully saturated rings. The van der Waals surface area contributed by atoms with Gasteiger partial charge in [-0.3, -0.25) is 0 Å². The van der Waals surface area contributed by atoms with Crippen LogP contribution in [-0.4, -0.2) is 30.1 Å². The standard InChI is InChI=1S/C20H23NO4S/c1-26-13-12-18(19(22)24-14-16-8-4-2-5-9-16)21-20(23)25-15-17-10-6-3-7-11-17/h2-11,18H,12-15H2,1H3,(H,21,23)/t18-/m0/s1. The van der Waals surface area contributed by atoms with Crippen molar-refractivity contribution in [3.63, 3.8) is 0 Å². The van der Waals surface area contributed by atoms with E-state index in [4.69, 9.17) is 9.47 Å². The van der Waals surface area contributed by atoms with Crippen molar-refractivity contribution in [2.75, 3.05) is 12.0 Å². The van der Waals surface area contributed by atoms with Crippen LogP contribution in [0.5, 0.6) is 0 Å². The van der Waals surface area contributed by atoms with Crippen molar-refractivity contribution in [3.05, 3.63) is 71.8 Å². The molecule has 0 heterocycles. The molecule has 2 aromatic carbocycles. The molecular formula is C20H23NO4S. The molecule has 138 valence electrons. The summed E-state index contributed by atoms with van der Waals surface area (Å²) in [6, 6.07) is 18.1. The fraction of sp³-hybridized carbons (Fsp3) is 0.300. The minimum atomic E-state index is -0.727. The summed E-state index contributed by atoms with van der Waals surface area (Å²) >= 11 is 1.60. The Bertz CT molecular complexity index is 679. The molecule has 0 spiro atoms. The lowest BCUT2D eigenvalue weighted by molar-refractivity contribution is -0.147. The lowest BCUT2D eigenvalue weighted by atomic mass is 10.2. The molecule has 0 aromatic heterocycles. The molecule has 0 bridgehead atoms. The average Bonchev–Trinajstić information content (AvgIpc) is 2.69. The van der Waals surface area contributed by atoms with Gasteiger partial charge in [0.15, 0.2) is 0 Å². The number of hydrogen-bond donors (Lipinski definition) is 1. The highest BCUT2D eigenvalue weighted by Crippen LogP contribution is 2.07. The van der Waals surface area contributed by atoms with Crippen molar-refractivity contribution in [2.45, 2.75) is 25.7 Å². The monoisotopic (exact) mass is 373 g/mol. The molecule has 2 rings (SSSR count). The van der Waals surface area contributed by atoms with Crippen LogP contribution in [0.2, 0.25) is 0 Å². The van der Waals surface area contributed by atoms with Crippen molar-refractivity contribution in [1.82, 2.24) is 5.32 Å². The van der Waals surface area contributed by atoms with Crippen LogP contribution < -0.4 is 5.32 Å². The summed E-state index contributed by atoms with van der Waals surface area (Å²) in [6.07, 6.45) is 1.80. The second-order valence-corrected chi connectivity index (χ2v) is 6.62. The third kappa shape index (κ3) is 7.19. The highest BCUT2D eigenvalue weighted by Gasteiger charge is 2.22. The number of nitrogens with one attached hydrogen (secondary N) is 1. The summed E-state index contributed by atoms with van der Waals surface area (Å²) < 4.78 is 10.5. The van der Waals surface area contributed by atoms with Gasteiger partial charge < -0.3 is 14.8 Å². The van der Waals surface area contributed by atoms with Gasteiger partial charge >= 0.3 is 12.1 Å². The number of carbonyl (C=O) groups excluding carboxylic acids is 2. The molecule has 0 saturated carbocycles. The number of amides is 1. The molecule has 26 heavy (non-hydrogen) atoms. The molecule has 1 amide bonds. The zero-order valence-electron chi connectivity index (χ0n) is 14.7. The molecule has 0 radical (unpaired) electrons. The summed E-state index contributed by atoms with van der Waals surface area (Å²) in [5.74, 6) is 0.268. The predicted octanol–water partition coefficient (Wildman–Crippen LogP) is 3.78. The first-order valence-electron chi connectivity index (χ1n) is 8.35. The van der Waals surface area contributed by atoms with Gasteiger partial charge in [0.05, 0.1) is 0 Å². The van der Waals surface area contributed by atoms with Crippen LogP contribution in [-0.2, 0) is 27.5 Å². The summed E-state index contributed by atoms with van der Waals surface area (Å²) in [7, 11) is 0. The molecule has 5 nitrogen and oxygen atoms in total. The summed E-state index contributed by atoms with van der Waals surface area (Å²) in [6.45, 7) is 0.331. The first-order valence-corrected chi connectivity index (χ1v) is 9.75. The van der Waals surface area contributed by atoms with E-state index in [0.717, 1.165) is 16.9 Å². The maximum atomic E-state index is 12.3. The van der Waals surface area contributed by atoms with E-state index in [1.165, 1.54) is 0 Å². The predicted molar refractivity (Wildman–Crippen MR) is 103 cm³/mol.